The highest BCUT2D eigenvalue weighted by Gasteiger charge is 2.36. The standard InChI is InChI=1S/C32H23F3N4O3/c1-20-6-3-8-24(36-20)19-42-27-11-5-10-26(32(33,34)35)28(27)30-37-29(38-31(40)39-30)23-16-14-21(15-17-23)12-13-22-7-4-9-25(18-22)41-2/h3-11,14-18H,19H2,1-2H3,(H,37,38,39,40). The van der Waals surface area contributed by atoms with Gasteiger partial charge in [0, 0.05) is 22.4 Å². The number of halogens is 3. The molecule has 0 unspecified atom stereocenters. The summed E-state index contributed by atoms with van der Waals surface area (Å²) in [4.78, 5) is 27.4. The van der Waals surface area contributed by atoms with Crippen LogP contribution in [0.5, 0.6) is 11.5 Å². The van der Waals surface area contributed by atoms with Crippen LogP contribution in [0.3, 0.4) is 0 Å². The fraction of sp³-hybridized carbons (Fsp3) is 0.125. The Bertz CT molecular complexity index is 1860. The van der Waals surface area contributed by atoms with E-state index in [1.54, 1.807) is 62.6 Å². The van der Waals surface area contributed by atoms with Gasteiger partial charge < -0.3 is 9.47 Å². The van der Waals surface area contributed by atoms with Gasteiger partial charge >= 0.3 is 11.9 Å². The molecule has 0 aliphatic carbocycles. The first-order chi connectivity index (χ1) is 20.2. The van der Waals surface area contributed by atoms with Gasteiger partial charge in [-0.3, -0.25) is 9.97 Å². The number of alkyl halides is 3. The molecular formula is C32H23F3N4O3. The van der Waals surface area contributed by atoms with Crippen LogP contribution < -0.4 is 15.2 Å². The van der Waals surface area contributed by atoms with Crippen LogP contribution in [-0.2, 0) is 12.8 Å². The molecule has 42 heavy (non-hydrogen) atoms. The summed E-state index contributed by atoms with van der Waals surface area (Å²) in [5, 5.41) is 0. The Balaban J connectivity index is 1.49. The Morgan fingerprint density at radius 2 is 1.60 bits per heavy atom. The van der Waals surface area contributed by atoms with E-state index in [1.807, 2.05) is 18.2 Å². The lowest BCUT2D eigenvalue weighted by Gasteiger charge is -2.17. The molecule has 0 saturated carbocycles. The lowest BCUT2D eigenvalue weighted by atomic mass is 10.0. The second kappa shape index (κ2) is 12.0. The molecule has 0 bridgehead atoms. The lowest BCUT2D eigenvalue weighted by Crippen LogP contribution is -2.17. The summed E-state index contributed by atoms with van der Waals surface area (Å²) in [6.45, 7) is 1.71. The average molecular weight is 569 g/mol. The Kier molecular flexibility index (Phi) is 8.02. The van der Waals surface area contributed by atoms with Crippen molar-refractivity contribution in [2.24, 2.45) is 0 Å². The molecule has 210 valence electrons. The molecule has 5 rings (SSSR count). The molecular weight excluding hydrogens is 545 g/mol. The molecule has 0 fully saturated rings. The van der Waals surface area contributed by atoms with Crippen molar-refractivity contribution in [3.05, 3.63) is 123 Å². The second-order valence-electron chi connectivity index (χ2n) is 9.12. The molecule has 7 nitrogen and oxygen atoms in total. The molecule has 2 aromatic heterocycles. The molecule has 0 saturated heterocycles. The van der Waals surface area contributed by atoms with Gasteiger partial charge in [0.15, 0.2) is 5.82 Å². The predicted octanol–water partition coefficient (Wildman–Crippen LogP) is 6.21. The maximum atomic E-state index is 14.1. The fourth-order valence-corrected chi connectivity index (χ4v) is 4.14. The number of H-pyrrole nitrogens is 1. The van der Waals surface area contributed by atoms with Gasteiger partial charge in [-0.15, -0.1) is 0 Å². The Hall–Kier alpha value is -5.43. The zero-order chi connectivity index (χ0) is 29.7. The van der Waals surface area contributed by atoms with E-state index < -0.39 is 23.0 Å². The fourth-order valence-electron chi connectivity index (χ4n) is 4.14. The number of nitrogens with zero attached hydrogens (tertiary/aromatic N) is 3. The third-order valence-electron chi connectivity index (χ3n) is 6.10. The average Bonchev–Trinajstić information content (AvgIpc) is 2.98. The van der Waals surface area contributed by atoms with E-state index >= 15 is 0 Å². The molecule has 0 aliphatic heterocycles. The first-order valence-corrected chi connectivity index (χ1v) is 12.7. The molecule has 3 aromatic carbocycles. The van der Waals surface area contributed by atoms with Crippen molar-refractivity contribution in [1.82, 2.24) is 19.9 Å². The summed E-state index contributed by atoms with van der Waals surface area (Å²) in [6, 6.07) is 22.8. The summed E-state index contributed by atoms with van der Waals surface area (Å²) in [7, 11) is 1.58. The monoisotopic (exact) mass is 568 g/mol. The van der Waals surface area contributed by atoms with E-state index in [-0.39, 0.29) is 24.0 Å². The first kappa shape index (κ1) is 28.1. The quantitative estimate of drug-likeness (QED) is 0.245. The summed E-state index contributed by atoms with van der Waals surface area (Å²) in [6.07, 6.45) is -4.75. The third kappa shape index (κ3) is 6.64. The van der Waals surface area contributed by atoms with Gasteiger partial charge in [-0.2, -0.15) is 18.2 Å². The van der Waals surface area contributed by atoms with Gasteiger partial charge in [-0.1, -0.05) is 30.0 Å². The van der Waals surface area contributed by atoms with Crippen LogP contribution in [0.15, 0.2) is 89.7 Å². The molecule has 5 aromatic rings. The third-order valence-corrected chi connectivity index (χ3v) is 6.10. The van der Waals surface area contributed by atoms with Gasteiger partial charge in [-0.05, 0) is 73.7 Å². The minimum Gasteiger partial charge on any atom is -0.497 e. The van der Waals surface area contributed by atoms with Gasteiger partial charge in [0.05, 0.1) is 23.9 Å². The van der Waals surface area contributed by atoms with Crippen molar-refractivity contribution in [2.45, 2.75) is 19.7 Å². The van der Waals surface area contributed by atoms with Gasteiger partial charge in [0.2, 0.25) is 0 Å². The lowest BCUT2D eigenvalue weighted by molar-refractivity contribution is -0.137. The zero-order valence-corrected chi connectivity index (χ0v) is 22.5. The van der Waals surface area contributed by atoms with E-state index in [0.717, 1.165) is 17.3 Å². The van der Waals surface area contributed by atoms with E-state index in [4.69, 9.17) is 9.47 Å². The van der Waals surface area contributed by atoms with Crippen LogP contribution in [0.2, 0.25) is 0 Å². The highest BCUT2D eigenvalue weighted by molar-refractivity contribution is 5.71. The van der Waals surface area contributed by atoms with Crippen LogP contribution in [-0.4, -0.2) is 27.0 Å². The predicted molar refractivity (Wildman–Crippen MR) is 151 cm³/mol. The van der Waals surface area contributed by atoms with Crippen LogP contribution in [0, 0.1) is 18.8 Å². The Morgan fingerprint density at radius 3 is 2.33 bits per heavy atom. The molecule has 1 N–H and O–H groups in total. The number of hydrogen-bond donors (Lipinski definition) is 1. The number of aromatic amines is 1. The van der Waals surface area contributed by atoms with E-state index in [0.29, 0.717) is 22.6 Å². The van der Waals surface area contributed by atoms with Crippen molar-refractivity contribution in [3.8, 4) is 46.1 Å². The number of nitrogens with one attached hydrogen (secondary N) is 1. The van der Waals surface area contributed by atoms with Gasteiger partial charge in [0.25, 0.3) is 0 Å². The second-order valence-corrected chi connectivity index (χ2v) is 9.12. The van der Waals surface area contributed by atoms with Crippen molar-refractivity contribution in [3.63, 3.8) is 0 Å². The van der Waals surface area contributed by atoms with Gasteiger partial charge in [0.1, 0.15) is 23.9 Å². The highest BCUT2D eigenvalue weighted by Crippen LogP contribution is 2.41. The maximum Gasteiger partial charge on any atom is 0.417 e. The maximum absolute atomic E-state index is 14.1. The molecule has 0 atom stereocenters. The molecule has 0 spiro atoms. The molecule has 10 heteroatoms. The number of methoxy groups -OCH3 is 1. The van der Waals surface area contributed by atoms with Gasteiger partial charge in [-0.25, -0.2) is 9.78 Å². The highest BCUT2D eigenvalue weighted by atomic mass is 19.4. The molecule has 2 heterocycles. The van der Waals surface area contributed by atoms with Crippen LogP contribution in [0.1, 0.15) is 28.1 Å². The SMILES string of the molecule is COc1cccc(C#Cc2ccc(-c3nc(-c4c(OCc5cccc(C)n5)cccc4C(F)(F)F)[nH]c(=O)n3)cc2)c1. The number of pyridine rings is 1. The Labute approximate surface area is 239 Å². The minimum absolute atomic E-state index is 0.0515. The van der Waals surface area contributed by atoms with Crippen LogP contribution in [0.25, 0.3) is 22.8 Å². The largest absolute Gasteiger partial charge is 0.497 e. The normalized spacial score (nSPS) is 11.0. The molecule has 0 radical (unpaired) electrons. The number of aromatic nitrogens is 4. The minimum atomic E-state index is -4.75. The Morgan fingerprint density at radius 1 is 0.857 bits per heavy atom. The summed E-state index contributed by atoms with van der Waals surface area (Å²) >= 11 is 0. The van der Waals surface area contributed by atoms with E-state index in [9.17, 15) is 18.0 Å². The van der Waals surface area contributed by atoms with E-state index in [2.05, 4.69) is 31.8 Å². The number of rotatable bonds is 6. The zero-order valence-electron chi connectivity index (χ0n) is 22.5. The molecule has 0 amide bonds. The topological polar surface area (TPSA) is 90.0 Å². The van der Waals surface area contributed by atoms with E-state index in [1.165, 1.54) is 12.1 Å². The van der Waals surface area contributed by atoms with Crippen LogP contribution >= 0.6 is 0 Å². The van der Waals surface area contributed by atoms with Crippen molar-refractivity contribution in [1.29, 1.82) is 0 Å². The number of hydrogen-bond acceptors (Lipinski definition) is 6. The number of aryl methyl sites for hydroxylation is 1. The van der Waals surface area contributed by atoms with Crippen LogP contribution in [0.4, 0.5) is 13.2 Å². The van der Waals surface area contributed by atoms with Crippen molar-refractivity contribution < 1.29 is 22.6 Å². The number of benzene rings is 3. The summed E-state index contributed by atoms with van der Waals surface area (Å²) < 4.78 is 53.3. The first-order valence-electron chi connectivity index (χ1n) is 12.7. The smallest absolute Gasteiger partial charge is 0.417 e. The summed E-state index contributed by atoms with van der Waals surface area (Å²) in [5.74, 6) is 6.28. The van der Waals surface area contributed by atoms with Crippen molar-refractivity contribution in [2.75, 3.05) is 7.11 Å². The van der Waals surface area contributed by atoms with Crippen molar-refractivity contribution >= 4 is 0 Å². The summed E-state index contributed by atoms with van der Waals surface area (Å²) in [5.41, 5.74) is 0.854. The molecule has 0 aliphatic rings. The number of ether oxygens (including phenoxy) is 2.